The summed E-state index contributed by atoms with van der Waals surface area (Å²) in [6.45, 7) is 7.83. The van der Waals surface area contributed by atoms with Crippen LogP contribution in [0, 0.1) is 11.8 Å². The molecule has 12 heteroatoms. The smallest absolute Gasteiger partial charge is 0.328 e. The molecular formula is C40H42N4O8. The molecule has 12 nitrogen and oxygen atoms in total. The van der Waals surface area contributed by atoms with E-state index in [1.54, 1.807) is 64.4 Å². The summed E-state index contributed by atoms with van der Waals surface area (Å²) in [5, 5.41) is 6.28. The van der Waals surface area contributed by atoms with Crippen LogP contribution in [0.4, 0.5) is 0 Å². The number of rotatable bonds is 14. The number of methoxy groups -OCH3 is 2. The molecule has 270 valence electrons. The maximum Gasteiger partial charge on any atom is 0.328 e. The van der Waals surface area contributed by atoms with Gasteiger partial charge >= 0.3 is 11.9 Å². The normalized spacial score (nSPS) is 12.5. The molecule has 0 saturated carbocycles. The molecule has 2 amide bonds. The molecule has 0 unspecified atom stereocenters. The van der Waals surface area contributed by atoms with E-state index in [9.17, 15) is 28.8 Å². The fourth-order valence-electron chi connectivity index (χ4n) is 6.17. The third-order valence-electron chi connectivity index (χ3n) is 9.02. The summed E-state index contributed by atoms with van der Waals surface area (Å²) in [7, 11) is 2.46. The van der Waals surface area contributed by atoms with Crippen LogP contribution in [0.5, 0.6) is 0 Å². The van der Waals surface area contributed by atoms with E-state index in [1.165, 1.54) is 14.2 Å². The molecule has 0 saturated heterocycles. The molecule has 3 aromatic carbocycles. The van der Waals surface area contributed by atoms with Gasteiger partial charge in [0.2, 0.25) is 0 Å². The summed E-state index contributed by atoms with van der Waals surface area (Å²) < 4.78 is 13.4. The lowest BCUT2D eigenvalue weighted by Crippen LogP contribution is -2.47. The number of hydrogen-bond acceptors (Lipinski definition) is 8. The lowest BCUT2D eigenvalue weighted by molar-refractivity contribution is -0.146. The van der Waals surface area contributed by atoms with Crippen LogP contribution in [0.1, 0.15) is 59.5 Å². The first-order chi connectivity index (χ1) is 24.8. The minimum atomic E-state index is -0.958. The zero-order chi connectivity index (χ0) is 37.7. The first-order valence-corrected chi connectivity index (χ1v) is 16.9. The number of para-hydroxylation sites is 2. The molecule has 2 aromatic heterocycles. The van der Waals surface area contributed by atoms with Crippen molar-refractivity contribution < 1.29 is 38.2 Å². The predicted octanol–water partition coefficient (Wildman–Crippen LogP) is 4.69. The molecule has 52 heavy (non-hydrogen) atoms. The number of carbonyl (C=O) groups excluding carboxylic acids is 6. The summed E-state index contributed by atoms with van der Waals surface area (Å²) >= 11 is 0. The van der Waals surface area contributed by atoms with Gasteiger partial charge in [0, 0.05) is 47.3 Å². The average molecular weight is 707 g/mol. The van der Waals surface area contributed by atoms with Gasteiger partial charge in [0.1, 0.15) is 12.1 Å². The number of esters is 2. The molecule has 2 N–H and O–H groups in total. The van der Waals surface area contributed by atoms with Gasteiger partial charge in [0.05, 0.1) is 25.3 Å². The standard InChI is InChI=1S/C40H42N4O8/c1-23(2)33(39(49)51-5)41-37(47)35(45)29-21-43(31-13-9-7-11-27(29)31)19-25-15-17-26(18-16-25)20-44-22-30(28-12-8-10-14-32(28)44)36(46)38(48)42-34(24(3)4)40(50)52-6/h7-18,21-24,33-34H,19-20H2,1-6H3,(H,41,47)(H,42,48)/t33-,34+. The Balaban J connectivity index is 1.34. The number of benzene rings is 3. The zero-order valence-corrected chi connectivity index (χ0v) is 30.0. The quantitative estimate of drug-likeness (QED) is 0.0959. The van der Waals surface area contributed by atoms with Crippen LogP contribution in [-0.2, 0) is 41.7 Å². The largest absolute Gasteiger partial charge is 0.467 e. The second-order valence-electron chi connectivity index (χ2n) is 13.3. The third kappa shape index (κ3) is 7.80. The lowest BCUT2D eigenvalue weighted by Gasteiger charge is -2.19. The van der Waals surface area contributed by atoms with E-state index < -0.39 is 47.4 Å². The van der Waals surface area contributed by atoms with Crippen LogP contribution in [0.25, 0.3) is 21.8 Å². The molecule has 0 fully saturated rings. The highest BCUT2D eigenvalue weighted by atomic mass is 16.5. The second kappa shape index (κ2) is 15.9. The van der Waals surface area contributed by atoms with E-state index in [0.717, 1.165) is 22.2 Å². The van der Waals surface area contributed by atoms with Gasteiger partial charge in [-0.05, 0) is 35.1 Å². The van der Waals surface area contributed by atoms with Gasteiger partial charge in [0.25, 0.3) is 23.4 Å². The molecule has 2 heterocycles. The van der Waals surface area contributed by atoms with Crippen LogP contribution >= 0.6 is 0 Å². The number of nitrogens with one attached hydrogen (secondary N) is 2. The van der Waals surface area contributed by atoms with Gasteiger partial charge in [-0.15, -0.1) is 0 Å². The highest BCUT2D eigenvalue weighted by molar-refractivity contribution is 6.45. The molecule has 5 rings (SSSR count). The number of aromatic nitrogens is 2. The maximum atomic E-state index is 13.4. The number of ketones is 2. The van der Waals surface area contributed by atoms with Crippen LogP contribution in [-0.4, -0.2) is 70.8 Å². The number of amides is 2. The summed E-state index contributed by atoms with van der Waals surface area (Å²) in [6.07, 6.45) is 3.30. The third-order valence-corrected chi connectivity index (χ3v) is 9.02. The fraction of sp³-hybridized carbons (Fsp3) is 0.300. The molecule has 5 aromatic rings. The van der Waals surface area contributed by atoms with Crippen molar-refractivity contribution in [1.82, 2.24) is 19.8 Å². The SMILES string of the molecule is COC(=O)[C@@H](NC(=O)C(=O)c1cn(Cc2ccc(Cn3cc(C(=O)C(=O)N[C@@H](C(=O)OC)C(C)C)c4ccccc43)cc2)c2ccccc12)C(C)C. The topological polar surface area (TPSA) is 155 Å². The van der Waals surface area contributed by atoms with E-state index in [1.807, 2.05) is 57.7 Å². The summed E-state index contributed by atoms with van der Waals surface area (Å²) in [4.78, 5) is 77.1. The van der Waals surface area contributed by atoms with Crippen molar-refractivity contribution in [3.63, 3.8) is 0 Å². The maximum absolute atomic E-state index is 13.4. The Morgan fingerprint density at radius 1 is 0.558 bits per heavy atom. The summed E-state index contributed by atoms with van der Waals surface area (Å²) in [5.41, 5.74) is 3.86. The number of ether oxygens (including phenoxy) is 2. The molecule has 0 aliphatic rings. The molecule has 0 radical (unpaired) electrons. The molecule has 0 aliphatic heterocycles. The Labute approximate surface area is 301 Å². The van der Waals surface area contributed by atoms with Crippen LogP contribution < -0.4 is 10.6 Å². The van der Waals surface area contributed by atoms with E-state index in [0.29, 0.717) is 23.9 Å². The minimum absolute atomic E-state index is 0.223. The van der Waals surface area contributed by atoms with E-state index in [2.05, 4.69) is 10.6 Å². The molecule has 0 aliphatic carbocycles. The zero-order valence-electron chi connectivity index (χ0n) is 30.0. The Bertz CT molecular complexity index is 2010. The highest BCUT2D eigenvalue weighted by Crippen LogP contribution is 2.25. The number of Topliss-reactive ketones (excluding diaryl/α,β-unsaturated/α-hetero) is 2. The van der Waals surface area contributed by atoms with Gasteiger partial charge in [-0.2, -0.15) is 0 Å². The fourth-order valence-corrected chi connectivity index (χ4v) is 6.17. The molecular weight excluding hydrogens is 664 g/mol. The van der Waals surface area contributed by atoms with Crippen LogP contribution in [0.15, 0.2) is 85.2 Å². The number of nitrogens with zero attached hydrogens (tertiary/aromatic N) is 2. The Morgan fingerprint density at radius 2 is 0.904 bits per heavy atom. The van der Waals surface area contributed by atoms with Gasteiger partial charge in [-0.3, -0.25) is 19.2 Å². The van der Waals surface area contributed by atoms with Crippen molar-refractivity contribution >= 4 is 57.1 Å². The number of carbonyl (C=O) groups is 6. The molecule has 2 atom stereocenters. The Hall–Kier alpha value is -6.04. The van der Waals surface area contributed by atoms with Crippen molar-refractivity contribution in [2.24, 2.45) is 11.8 Å². The van der Waals surface area contributed by atoms with Crippen molar-refractivity contribution in [1.29, 1.82) is 0 Å². The van der Waals surface area contributed by atoms with Gasteiger partial charge in [0.15, 0.2) is 0 Å². The Morgan fingerprint density at radius 3 is 1.23 bits per heavy atom. The lowest BCUT2D eigenvalue weighted by atomic mass is 10.0. The first kappa shape index (κ1) is 37.2. The Kier molecular flexibility index (Phi) is 11.4. The second-order valence-corrected chi connectivity index (χ2v) is 13.3. The van der Waals surface area contributed by atoms with Crippen molar-refractivity contribution in [3.8, 4) is 0 Å². The van der Waals surface area contributed by atoms with Gasteiger partial charge in [-0.1, -0.05) is 88.4 Å². The van der Waals surface area contributed by atoms with Gasteiger partial charge < -0.3 is 29.2 Å². The van der Waals surface area contributed by atoms with E-state index in [4.69, 9.17) is 9.47 Å². The van der Waals surface area contributed by atoms with E-state index in [-0.39, 0.29) is 23.0 Å². The monoisotopic (exact) mass is 706 g/mol. The highest BCUT2D eigenvalue weighted by Gasteiger charge is 2.31. The van der Waals surface area contributed by atoms with Crippen molar-refractivity contribution in [2.75, 3.05) is 14.2 Å². The molecule has 0 spiro atoms. The number of hydrogen-bond donors (Lipinski definition) is 2. The minimum Gasteiger partial charge on any atom is -0.467 e. The van der Waals surface area contributed by atoms with Gasteiger partial charge in [-0.25, -0.2) is 9.59 Å². The number of fused-ring (bicyclic) bond motifs is 2. The first-order valence-electron chi connectivity index (χ1n) is 16.9. The summed E-state index contributed by atoms with van der Waals surface area (Å²) in [6, 6.07) is 20.5. The van der Waals surface area contributed by atoms with E-state index >= 15 is 0 Å². The van der Waals surface area contributed by atoms with Crippen LogP contribution in [0.3, 0.4) is 0 Å². The van der Waals surface area contributed by atoms with Crippen molar-refractivity contribution in [2.45, 2.75) is 52.9 Å². The average Bonchev–Trinajstić information content (AvgIpc) is 3.70. The van der Waals surface area contributed by atoms with Crippen LogP contribution in [0.2, 0.25) is 0 Å². The molecule has 0 bridgehead atoms. The van der Waals surface area contributed by atoms with Crippen molar-refractivity contribution in [3.05, 3.63) is 107 Å². The predicted molar refractivity (Wildman–Crippen MR) is 195 cm³/mol. The summed E-state index contributed by atoms with van der Waals surface area (Å²) in [5.74, 6) is -5.09.